The number of hydrogen-bond donors (Lipinski definition) is 3. The zero-order valence-electron chi connectivity index (χ0n) is 29.8. The van der Waals surface area contributed by atoms with Crippen molar-refractivity contribution in [2.45, 2.75) is 52.1 Å². The monoisotopic (exact) mass is 758 g/mol. The predicted octanol–water partition coefficient (Wildman–Crippen LogP) is 3.42. The van der Waals surface area contributed by atoms with Crippen LogP contribution in [0.5, 0.6) is 11.8 Å². The van der Waals surface area contributed by atoms with E-state index in [-0.39, 0.29) is 110 Å². The lowest BCUT2D eigenvalue weighted by Crippen LogP contribution is -2.26. The van der Waals surface area contributed by atoms with Crippen molar-refractivity contribution in [2.24, 2.45) is 5.73 Å². The maximum atomic E-state index is 13.5. The predicted molar refractivity (Wildman–Crippen MR) is 195 cm³/mol. The first-order valence-corrected chi connectivity index (χ1v) is 17.5. The van der Waals surface area contributed by atoms with Crippen LogP contribution in [0.3, 0.4) is 0 Å². The van der Waals surface area contributed by atoms with Crippen molar-refractivity contribution in [2.75, 3.05) is 6.54 Å². The summed E-state index contributed by atoms with van der Waals surface area (Å²) < 4.78 is 10.4. The van der Waals surface area contributed by atoms with Crippen LogP contribution in [0.2, 0.25) is 0 Å². The van der Waals surface area contributed by atoms with Gasteiger partial charge in [-0.3, -0.25) is 29.2 Å². The van der Waals surface area contributed by atoms with Gasteiger partial charge in [0.2, 0.25) is 11.8 Å². The zero-order valence-corrected chi connectivity index (χ0v) is 29.8. The number of carbonyl (C=O) groups excluding carboxylic acids is 3. The smallest absolute Gasteiger partial charge is 0.335 e. The summed E-state index contributed by atoms with van der Waals surface area (Å²) in [6.45, 7) is 1.48. The van der Waals surface area contributed by atoms with Gasteiger partial charge in [0.15, 0.2) is 5.78 Å². The highest BCUT2D eigenvalue weighted by Gasteiger charge is 2.23. The molecule has 0 saturated carbocycles. The molecule has 0 saturated heterocycles. The largest absolute Gasteiger partial charge is 0.478 e. The number of nitrogens with two attached hydrogens (primary N) is 1. The Kier molecular flexibility index (Phi) is 10.9. The number of carboxylic acid groups (broad SMARTS) is 2. The number of ether oxygens (including phenoxy) is 2. The number of carbonyl (C=O) groups is 5. The number of carboxylic acids is 2. The van der Waals surface area contributed by atoms with Crippen LogP contribution in [-0.2, 0) is 48.9 Å². The maximum absolute atomic E-state index is 13.5. The molecule has 0 spiro atoms. The third-order valence-corrected chi connectivity index (χ3v) is 9.05. The Morgan fingerprint density at radius 1 is 0.571 bits per heavy atom. The summed E-state index contributed by atoms with van der Waals surface area (Å²) in [4.78, 5) is 88.8. The molecule has 0 unspecified atom stereocenters. The van der Waals surface area contributed by atoms with Crippen LogP contribution in [0.15, 0.2) is 60.7 Å². The van der Waals surface area contributed by atoms with Gasteiger partial charge in [0.05, 0.1) is 56.7 Å². The number of hydrogen-bond acceptors (Lipinski definition) is 15. The number of aromatic carboxylic acids is 2. The van der Waals surface area contributed by atoms with Gasteiger partial charge in [-0.2, -0.15) is 0 Å². The first-order valence-electron chi connectivity index (χ1n) is 17.5. The highest BCUT2D eigenvalue weighted by atomic mass is 16.5. The summed E-state index contributed by atoms with van der Waals surface area (Å²) in [6.07, 6.45) is 0.700. The summed E-state index contributed by atoms with van der Waals surface area (Å²) in [7, 11) is 0. The minimum atomic E-state index is -1.21. The van der Waals surface area contributed by atoms with E-state index in [9.17, 15) is 34.2 Å². The highest BCUT2D eigenvalue weighted by Crippen LogP contribution is 2.29. The summed E-state index contributed by atoms with van der Waals surface area (Å²) in [5.74, 6) is -2.64. The van der Waals surface area contributed by atoms with E-state index in [4.69, 9.17) is 30.2 Å². The van der Waals surface area contributed by atoms with Crippen LogP contribution in [0.4, 0.5) is 0 Å². The molecule has 7 heterocycles. The number of nitrogens with zero attached hydrogens (tertiary/aromatic N) is 7. The molecule has 5 aromatic heterocycles. The van der Waals surface area contributed by atoms with E-state index in [1.54, 1.807) is 36.4 Å². The van der Waals surface area contributed by atoms with Crippen LogP contribution < -0.4 is 15.2 Å². The molecule has 0 amide bonds. The number of aromatic nitrogens is 5. The van der Waals surface area contributed by atoms with E-state index in [2.05, 4.69) is 9.97 Å². The Morgan fingerprint density at radius 3 is 1.41 bits per heavy atom. The third-order valence-electron chi connectivity index (χ3n) is 9.05. The van der Waals surface area contributed by atoms with Crippen molar-refractivity contribution >= 4 is 30.7 Å². The fourth-order valence-corrected chi connectivity index (χ4v) is 6.78. The molecule has 17 nitrogen and oxygen atoms in total. The average molecular weight is 759 g/mol. The molecule has 284 valence electrons. The van der Waals surface area contributed by atoms with Gasteiger partial charge < -0.3 is 25.4 Å². The van der Waals surface area contributed by atoms with Gasteiger partial charge in [0, 0.05) is 63.4 Å². The van der Waals surface area contributed by atoms with E-state index in [1.165, 1.54) is 24.3 Å². The van der Waals surface area contributed by atoms with Gasteiger partial charge in [-0.15, -0.1) is 0 Å². The number of pyridine rings is 5. The molecule has 0 fully saturated rings. The lowest BCUT2D eigenvalue weighted by atomic mass is 10.0. The molecule has 2 aliphatic rings. The summed E-state index contributed by atoms with van der Waals surface area (Å²) in [5.41, 5.74) is 9.80. The van der Waals surface area contributed by atoms with Crippen LogP contribution in [0.1, 0.15) is 77.8 Å². The molecule has 12 bridgehead atoms. The van der Waals surface area contributed by atoms with E-state index in [0.717, 1.165) is 0 Å². The van der Waals surface area contributed by atoms with Gasteiger partial charge in [-0.25, -0.2) is 29.5 Å². The first kappa shape index (κ1) is 37.5. The van der Waals surface area contributed by atoms with Crippen molar-refractivity contribution in [3.8, 4) is 34.5 Å². The summed E-state index contributed by atoms with van der Waals surface area (Å²) in [5, 5.41) is 20.3. The van der Waals surface area contributed by atoms with Crippen molar-refractivity contribution in [3.05, 3.63) is 111 Å². The fourth-order valence-electron chi connectivity index (χ4n) is 6.78. The third kappa shape index (κ3) is 8.76. The highest BCUT2D eigenvalue weighted by molar-refractivity contribution is 5.96. The summed E-state index contributed by atoms with van der Waals surface area (Å²) >= 11 is 0. The van der Waals surface area contributed by atoms with E-state index >= 15 is 0 Å². The number of rotatable bonds is 10. The van der Waals surface area contributed by atoms with Crippen LogP contribution in [0.25, 0.3) is 22.8 Å². The molecular weight excluding hydrogens is 724 g/mol. The second-order valence-corrected chi connectivity index (χ2v) is 13.3. The van der Waals surface area contributed by atoms with Crippen molar-refractivity contribution < 1.29 is 43.7 Å². The van der Waals surface area contributed by atoms with Crippen molar-refractivity contribution in [1.29, 1.82) is 0 Å². The number of fused-ring (bicyclic) bond motifs is 12. The standard InChI is InChI=1S/C39H34N8O9/c40-3-1-2-35(50)24-8-27-16-46-14-22-4-31(44-36(6-22)55-20-48)33-12-25(38(51)52)10-29(42-33)18-47(17-28(9-24)41-27)19-30-11-26(39(53)54)13-34(43-30)32-5-23(15-46)7-37(45-32)56-21-49/h4-13,20-21H,1-3,14-19,40H2,(H,51,52)(H,53,54). The average Bonchev–Trinajstić information content (AvgIpc) is 3.16. The van der Waals surface area contributed by atoms with Crippen LogP contribution in [-0.4, -0.2) is 82.1 Å². The normalized spacial score (nSPS) is 15.9. The lowest BCUT2D eigenvalue weighted by Gasteiger charge is -2.24. The van der Waals surface area contributed by atoms with Crippen LogP contribution in [0, 0.1) is 0 Å². The molecule has 7 rings (SSSR count). The first-order chi connectivity index (χ1) is 27.0. The minimum absolute atomic E-state index is 0.0133. The molecule has 0 radical (unpaired) electrons. The number of Topliss-reactive ketones (excluding diaryl/α,β-unsaturated/α-hetero) is 1. The molecule has 0 aliphatic carbocycles. The maximum Gasteiger partial charge on any atom is 0.335 e. The van der Waals surface area contributed by atoms with E-state index < -0.39 is 11.9 Å². The molecule has 17 heteroatoms. The quantitative estimate of drug-likeness (QED) is 0.136. The topological polar surface area (TPSA) is 241 Å². The Morgan fingerprint density at radius 2 is 0.982 bits per heavy atom. The molecule has 2 aliphatic heterocycles. The van der Waals surface area contributed by atoms with Gasteiger partial charge in [0.1, 0.15) is 0 Å². The van der Waals surface area contributed by atoms with Crippen molar-refractivity contribution in [3.63, 3.8) is 0 Å². The zero-order chi connectivity index (χ0) is 39.3. The van der Waals surface area contributed by atoms with Gasteiger partial charge in [-0.05, 0) is 72.6 Å². The Bertz CT molecular complexity index is 2260. The number of ketones is 1. The molecule has 56 heavy (non-hydrogen) atoms. The van der Waals surface area contributed by atoms with Gasteiger partial charge in [0.25, 0.3) is 12.9 Å². The Hall–Kier alpha value is -6.82. The Balaban J connectivity index is 1.52. The van der Waals surface area contributed by atoms with Crippen LogP contribution >= 0.6 is 0 Å². The van der Waals surface area contributed by atoms with Gasteiger partial charge in [-0.1, -0.05) is 0 Å². The molecule has 0 atom stereocenters. The van der Waals surface area contributed by atoms with E-state index in [0.29, 0.717) is 52.4 Å². The Labute approximate surface area is 318 Å². The lowest BCUT2D eigenvalue weighted by molar-refractivity contribution is -0.121. The van der Waals surface area contributed by atoms with Gasteiger partial charge >= 0.3 is 11.9 Å². The SMILES string of the molecule is NCCCC(=O)c1cc2nc(c1)CN1Cc3cc(C(=O)O)cc(n3)-c3cc(cc(OC=O)n3)CN(Cc3cc(OC=O)nc(c3)-c3cc(C(=O)O)cc(n3)C1)C2. The van der Waals surface area contributed by atoms with Crippen molar-refractivity contribution in [1.82, 2.24) is 34.7 Å². The fraction of sp³-hybridized carbons (Fsp3) is 0.231. The summed E-state index contributed by atoms with van der Waals surface area (Å²) in [6, 6.07) is 15.6. The second kappa shape index (κ2) is 16.3. The minimum Gasteiger partial charge on any atom is -0.478 e. The second-order valence-electron chi connectivity index (χ2n) is 13.3. The molecule has 4 N–H and O–H groups in total. The molecular formula is C39H34N8O9. The van der Waals surface area contributed by atoms with E-state index in [1.807, 2.05) is 9.80 Å². The molecule has 5 aromatic rings. The molecule has 0 aromatic carbocycles.